The molecular weight excluding hydrogens is 352 g/mol. The smallest absolute Gasteiger partial charge is 0.102 e. The highest BCUT2D eigenvalue weighted by atomic mass is 35.5. The quantitative estimate of drug-likeness (QED) is 0.572. The highest BCUT2D eigenvalue weighted by molar-refractivity contribution is 5.85. The highest BCUT2D eigenvalue weighted by Crippen LogP contribution is 2.32. The molecule has 0 unspecified atom stereocenters. The Balaban J connectivity index is 0.00000210. The molecule has 0 radical (unpaired) electrons. The zero-order valence-electron chi connectivity index (χ0n) is 15.6. The third kappa shape index (κ3) is 4.40. The highest BCUT2D eigenvalue weighted by Gasteiger charge is 2.23. The van der Waals surface area contributed by atoms with E-state index in [2.05, 4.69) is 96.9 Å². The van der Waals surface area contributed by atoms with Crippen LogP contribution in [0.25, 0.3) is 0 Å². The van der Waals surface area contributed by atoms with Gasteiger partial charge in [-0.05, 0) is 28.7 Å². The summed E-state index contributed by atoms with van der Waals surface area (Å²) in [4.78, 5) is 7.54. The molecule has 1 atom stereocenters. The lowest BCUT2D eigenvalue weighted by Crippen LogP contribution is -2.26. The van der Waals surface area contributed by atoms with E-state index < -0.39 is 0 Å². The van der Waals surface area contributed by atoms with Crippen LogP contribution in [0.1, 0.15) is 34.7 Å². The first kappa shape index (κ1) is 19.2. The fourth-order valence-electron chi connectivity index (χ4n) is 3.65. The Morgan fingerprint density at radius 2 is 1.44 bits per heavy atom. The van der Waals surface area contributed by atoms with E-state index in [4.69, 9.17) is 4.99 Å². The zero-order chi connectivity index (χ0) is 17.8. The first-order valence-electron chi connectivity index (χ1n) is 9.26. The average Bonchev–Trinajstić information content (AvgIpc) is 2.84. The van der Waals surface area contributed by atoms with Gasteiger partial charge in [-0.3, -0.25) is 4.99 Å². The van der Waals surface area contributed by atoms with E-state index in [-0.39, 0.29) is 18.4 Å². The number of nitrogens with zero attached hydrogens (tertiary/aromatic N) is 2. The number of benzene rings is 3. The van der Waals surface area contributed by atoms with Crippen molar-refractivity contribution in [2.45, 2.75) is 25.4 Å². The van der Waals surface area contributed by atoms with Gasteiger partial charge in [-0.1, -0.05) is 84.9 Å². The van der Waals surface area contributed by atoms with Crippen LogP contribution in [0.4, 0.5) is 0 Å². The third-order valence-electron chi connectivity index (χ3n) is 5.07. The van der Waals surface area contributed by atoms with E-state index in [1.807, 2.05) is 0 Å². The minimum absolute atomic E-state index is 0. The van der Waals surface area contributed by atoms with E-state index in [1.54, 1.807) is 0 Å². The average molecular weight is 377 g/mol. The van der Waals surface area contributed by atoms with Gasteiger partial charge in [0.25, 0.3) is 0 Å². The van der Waals surface area contributed by atoms with E-state index in [0.717, 1.165) is 19.4 Å². The van der Waals surface area contributed by atoms with Crippen LogP contribution in [-0.4, -0.2) is 17.8 Å². The molecule has 138 valence electrons. The molecule has 3 heteroatoms. The molecule has 0 fully saturated rings. The van der Waals surface area contributed by atoms with Crippen molar-refractivity contribution in [3.8, 4) is 0 Å². The molecule has 2 nitrogen and oxygen atoms in total. The van der Waals surface area contributed by atoms with Crippen molar-refractivity contribution in [1.29, 1.82) is 0 Å². The van der Waals surface area contributed by atoms with E-state index in [0.29, 0.717) is 0 Å². The van der Waals surface area contributed by atoms with Crippen molar-refractivity contribution in [3.05, 3.63) is 107 Å². The molecule has 3 aromatic carbocycles. The molecule has 0 saturated heterocycles. The molecule has 0 amide bonds. The predicted molar refractivity (Wildman–Crippen MR) is 116 cm³/mol. The number of amidine groups is 1. The number of hydrogen-bond acceptors (Lipinski definition) is 2. The SMILES string of the molecule is CN1Cc2ccccc2[C@@H](c2ccccc2)N=C1CCc1ccccc1.Cl. The molecule has 0 bridgehead atoms. The van der Waals surface area contributed by atoms with Crippen LogP contribution in [0.3, 0.4) is 0 Å². The van der Waals surface area contributed by atoms with Crippen molar-refractivity contribution >= 4 is 18.2 Å². The maximum Gasteiger partial charge on any atom is 0.102 e. The summed E-state index contributed by atoms with van der Waals surface area (Å²) in [5.41, 5.74) is 5.30. The molecule has 3 aromatic rings. The second-order valence-corrected chi connectivity index (χ2v) is 6.90. The maximum absolute atomic E-state index is 5.23. The Kier molecular flexibility index (Phi) is 6.31. The van der Waals surface area contributed by atoms with Crippen molar-refractivity contribution in [2.75, 3.05) is 7.05 Å². The second-order valence-electron chi connectivity index (χ2n) is 6.90. The number of hydrogen-bond donors (Lipinski definition) is 0. The van der Waals surface area contributed by atoms with E-state index in [1.165, 1.54) is 28.1 Å². The van der Waals surface area contributed by atoms with Gasteiger partial charge in [0.05, 0.1) is 0 Å². The summed E-state index contributed by atoms with van der Waals surface area (Å²) < 4.78 is 0. The van der Waals surface area contributed by atoms with Crippen molar-refractivity contribution in [2.24, 2.45) is 4.99 Å². The number of fused-ring (bicyclic) bond motifs is 1. The lowest BCUT2D eigenvalue weighted by Gasteiger charge is -2.20. The minimum atomic E-state index is 0. The molecule has 0 N–H and O–H groups in total. The zero-order valence-corrected chi connectivity index (χ0v) is 16.4. The van der Waals surface area contributed by atoms with Crippen molar-refractivity contribution in [1.82, 2.24) is 4.90 Å². The monoisotopic (exact) mass is 376 g/mol. The van der Waals surface area contributed by atoms with Crippen LogP contribution in [-0.2, 0) is 13.0 Å². The van der Waals surface area contributed by atoms with Gasteiger partial charge in [0.15, 0.2) is 0 Å². The lowest BCUT2D eigenvalue weighted by molar-refractivity contribution is 0.490. The molecule has 0 aliphatic carbocycles. The summed E-state index contributed by atoms with van der Waals surface area (Å²) in [5, 5.41) is 0. The second kappa shape index (κ2) is 8.88. The fraction of sp³-hybridized carbons (Fsp3) is 0.208. The third-order valence-corrected chi connectivity index (χ3v) is 5.07. The Labute approximate surface area is 168 Å². The first-order chi connectivity index (χ1) is 12.8. The van der Waals surface area contributed by atoms with Crippen LogP contribution in [0.2, 0.25) is 0 Å². The summed E-state index contributed by atoms with van der Waals surface area (Å²) in [7, 11) is 2.16. The van der Waals surface area contributed by atoms with Gasteiger partial charge in [0.2, 0.25) is 0 Å². The molecule has 0 spiro atoms. The molecular formula is C24H25ClN2. The molecule has 1 heterocycles. The fourth-order valence-corrected chi connectivity index (χ4v) is 3.65. The molecule has 0 aromatic heterocycles. The summed E-state index contributed by atoms with van der Waals surface area (Å²) in [6.07, 6.45) is 1.97. The number of rotatable bonds is 4. The first-order valence-corrected chi connectivity index (χ1v) is 9.26. The van der Waals surface area contributed by atoms with Crippen LogP contribution < -0.4 is 0 Å². The van der Waals surface area contributed by atoms with E-state index >= 15 is 0 Å². The molecule has 1 aliphatic heterocycles. The normalized spacial score (nSPS) is 16.0. The van der Waals surface area contributed by atoms with Gasteiger partial charge in [0, 0.05) is 20.0 Å². The largest absolute Gasteiger partial charge is 0.359 e. The number of aryl methyl sites for hydroxylation is 1. The summed E-state index contributed by atoms with van der Waals surface area (Å²) in [6.45, 7) is 0.910. The van der Waals surface area contributed by atoms with Gasteiger partial charge in [-0.2, -0.15) is 0 Å². The Bertz CT molecular complexity index is 891. The number of halogens is 1. The lowest BCUT2D eigenvalue weighted by atomic mass is 9.95. The topological polar surface area (TPSA) is 15.6 Å². The minimum Gasteiger partial charge on any atom is -0.359 e. The summed E-state index contributed by atoms with van der Waals surface area (Å²) >= 11 is 0. The van der Waals surface area contributed by atoms with Crippen LogP contribution in [0.15, 0.2) is 89.9 Å². The Hall–Kier alpha value is -2.58. The summed E-state index contributed by atoms with van der Waals surface area (Å²) in [5.74, 6) is 1.18. The van der Waals surface area contributed by atoms with Crippen molar-refractivity contribution < 1.29 is 0 Å². The molecule has 1 aliphatic rings. The van der Waals surface area contributed by atoms with Gasteiger partial charge in [0.1, 0.15) is 11.9 Å². The standard InChI is InChI=1S/C24H24N2.ClH/c1-26-18-21-14-8-9-15-22(21)24(20-12-6-3-7-13-20)25-23(26)17-16-19-10-4-2-5-11-19;/h2-15,24H,16-18H2,1H3;1H/t24-;/m1./s1. The number of aliphatic imine (C=N–C) groups is 1. The van der Waals surface area contributed by atoms with Gasteiger partial charge >= 0.3 is 0 Å². The molecule has 4 rings (SSSR count). The van der Waals surface area contributed by atoms with Crippen molar-refractivity contribution in [3.63, 3.8) is 0 Å². The van der Waals surface area contributed by atoms with Crippen LogP contribution >= 0.6 is 12.4 Å². The molecule has 27 heavy (non-hydrogen) atoms. The van der Waals surface area contributed by atoms with E-state index in [9.17, 15) is 0 Å². The van der Waals surface area contributed by atoms with Gasteiger partial charge in [-0.25, -0.2) is 0 Å². The van der Waals surface area contributed by atoms with Crippen LogP contribution in [0, 0.1) is 0 Å². The Morgan fingerprint density at radius 1 is 0.815 bits per heavy atom. The maximum atomic E-state index is 5.23. The summed E-state index contributed by atoms with van der Waals surface area (Å²) in [6, 6.07) is 30.1. The van der Waals surface area contributed by atoms with Crippen LogP contribution in [0.5, 0.6) is 0 Å². The molecule has 0 saturated carbocycles. The van der Waals surface area contributed by atoms with Gasteiger partial charge < -0.3 is 4.90 Å². The predicted octanol–water partition coefficient (Wildman–Crippen LogP) is 5.67. The Morgan fingerprint density at radius 3 is 2.19 bits per heavy atom. The van der Waals surface area contributed by atoms with Gasteiger partial charge in [-0.15, -0.1) is 12.4 Å².